The molecule has 2 heterocycles. The van der Waals surface area contributed by atoms with Crippen LogP contribution in [-0.2, 0) is 22.4 Å². The summed E-state index contributed by atoms with van der Waals surface area (Å²) in [4.78, 5) is 26.8. The highest BCUT2D eigenvalue weighted by atomic mass is 32.1. The van der Waals surface area contributed by atoms with Gasteiger partial charge in [-0.3, -0.25) is 4.79 Å². The fraction of sp³-hybridized carbons (Fsp3) is 0.429. The molecule has 1 aromatic heterocycles. The number of hydrogen-bond acceptors (Lipinski definition) is 6. The Bertz CT molecular complexity index is 906. The van der Waals surface area contributed by atoms with E-state index < -0.39 is 12.1 Å². The van der Waals surface area contributed by atoms with Gasteiger partial charge in [-0.1, -0.05) is 13.3 Å². The molecule has 0 radical (unpaired) electrons. The van der Waals surface area contributed by atoms with E-state index in [1.165, 1.54) is 28.2 Å². The topological polar surface area (TPSA) is 73.9 Å². The molecule has 2 aliphatic rings. The van der Waals surface area contributed by atoms with E-state index in [1.807, 2.05) is 6.07 Å². The maximum Gasteiger partial charge on any atom is 0.349 e. The molecule has 0 saturated carbocycles. The van der Waals surface area contributed by atoms with Gasteiger partial charge in [-0.15, -0.1) is 11.3 Å². The van der Waals surface area contributed by atoms with Crippen molar-refractivity contribution in [2.24, 2.45) is 5.92 Å². The number of esters is 1. The van der Waals surface area contributed by atoms with E-state index in [4.69, 9.17) is 14.2 Å². The van der Waals surface area contributed by atoms with Crippen LogP contribution in [0.15, 0.2) is 24.3 Å². The lowest BCUT2D eigenvalue weighted by molar-refractivity contribution is -0.123. The van der Waals surface area contributed by atoms with Crippen LogP contribution < -0.4 is 14.8 Å². The number of ether oxygens (including phenoxy) is 3. The van der Waals surface area contributed by atoms with Gasteiger partial charge in [0.05, 0.1) is 0 Å². The Labute approximate surface area is 167 Å². The molecule has 0 saturated heterocycles. The maximum atomic E-state index is 12.5. The summed E-state index contributed by atoms with van der Waals surface area (Å²) in [5.41, 5.74) is 1.82. The Morgan fingerprint density at radius 3 is 2.93 bits per heavy atom. The Hall–Kier alpha value is -2.54. The molecule has 1 aromatic carbocycles. The predicted octanol–water partition coefficient (Wildman–Crippen LogP) is 4.18. The summed E-state index contributed by atoms with van der Waals surface area (Å²) >= 11 is 1.49. The largest absolute Gasteiger partial charge is 0.454 e. The molecule has 4 rings (SSSR count). The van der Waals surface area contributed by atoms with Crippen molar-refractivity contribution in [2.75, 3.05) is 12.1 Å². The molecule has 2 atom stereocenters. The number of nitrogens with one attached hydrogen (secondary N) is 1. The minimum Gasteiger partial charge on any atom is -0.454 e. The summed E-state index contributed by atoms with van der Waals surface area (Å²) in [6, 6.07) is 7.07. The van der Waals surface area contributed by atoms with Gasteiger partial charge < -0.3 is 19.5 Å². The zero-order chi connectivity index (χ0) is 19.7. The van der Waals surface area contributed by atoms with E-state index in [1.54, 1.807) is 25.1 Å². The summed E-state index contributed by atoms with van der Waals surface area (Å²) in [5, 5.41) is 2.74. The number of thiophene rings is 1. The SMILES string of the molecule is CC[C@@H]1CCc2sc(C(=O)O[C@@H](C)C(=O)Nc3ccc4c(c3)OCO4)cc2C1. The summed E-state index contributed by atoms with van der Waals surface area (Å²) in [7, 11) is 0. The number of amides is 1. The zero-order valence-corrected chi connectivity index (χ0v) is 16.8. The minimum absolute atomic E-state index is 0.171. The van der Waals surface area contributed by atoms with Crippen molar-refractivity contribution in [1.82, 2.24) is 0 Å². The molecule has 0 fully saturated rings. The van der Waals surface area contributed by atoms with Gasteiger partial charge in [-0.05, 0) is 55.9 Å². The van der Waals surface area contributed by atoms with Gasteiger partial charge in [-0.2, -0.15) is 0 Å². The van der Waals surface area contributed by atoms with Crippen molar-refractivity contribution >= 4 is 28.9 Å². The van der Waals surface area contributed by atoms with Crippen molar-refractivity contribution in [3.8, 4) is 11.5 Å². The van der Waals surface area contributed by atoms with Crippen molar-refractivity contribution in [3.05, 3.63) is 39.6 Å². The van der Waals surface area contributed by atoms with Crippen LogP contribution in [0.5, 0.6) is 11.5 Å². The van der Waals surface area contributed by atoms with Crippen LogP contribution >= 0.6 is 11.3 Å². The minimum atomic E-state index is -0.902. The second-order valence-corrected chi connectivity index (χ2v) is 8.32. The lowest BCUT2D eigenvalue weighted by atomic mass is 9.87. The van der Waals surface area contributed by atoms with Crippen LogP contribution in [0.1, 0.15) is 46.8 Å². The summed E-state index contributed by atoms with van der Waals surface area (Å²) in [6.45, 7) is 3.95. The highest BCUT2D eigenvalue weighted by Crippen LogP contribution is 2.35. The molecule has 148 valence electrons. The first-order valence-electron chi connectivity index (χ1n) is 9.56. The first-order chi connectivity index (χ1) is 13.5. The van der Waals surface area contributed by atoms with Crippen LogP contribution in [-0.4, -0.2) is 24.8 Å². The van der Waals surface area contributed by atoms with Gasteiger partial charge >= 0.3 is 5.97 Å². The van der Waals surface area contributed by atoms with Crippen molar-refractivity contribution in [3.63, 3.8) is 0 Å². The van der Waals surface area contributed by atoms with Gasteiger partial charge in [0.15, 0.2) is 17.6 Å². The monoisotopic (exact) mass is 401 g/mol. The van der Waals surface area contributed by atoms with E-state index in [-0.39, 0.29) is 12.7 Å². The summed E-state index contributed by atoms with van der Waals surface area (Å²) in [5.74, 6) is 1.08. The fourth-order valence-electron chi connectivity index (χ4n) is 3.54. The smallest absolute Gasteiger partial charge is 0.349 e. The average molecular weight is 401 g/mol. The van der Waals surface area contributed by atoms with E-state index >= 15 is 0 Å². The van der Waals surface area contributed by atoms with Gasteiger partial charge in [0, 0.05) is 16.6 Å². The standard InChI is InChI=1S/C21H23NO5S/c1-3-13-4-7-18-14(8-13)9-19(28-18)21(24)27-12(2)20(23)22-15-5-6-16-17(10-15)26-11-25-16/h5-6,9-10,12-13H,3-4,7-8,11H2,1-2H3,(H,22,23)/t12-,13+/m0/s1. The Morgan fingerprint density at radius 1 is 1.29 bits per heavy atom. The molecule has 1 amide bonds. The first kappa shape index (κ1) is 18.8. The lowest BCUT2D eigenvalue weighted by Gasteiger charge is -2.19. The highest BCUT2D eigenvalue weighted by molar-refractivity contribution is 7.14. The third-order valence-corrected chi connectivity index (χ3v) is 6.47. The molecule has 6 nitrogen and oxygen atoms in total. The van der Waals surface area contributed by atoms with E-state index in [0.29, 0.717) is 28.0 Å². The molecule has 1 aliphatic carbocycles. The van der Waals surface area contributed by atoms with E-state index in [9.17, 15) is 9.59 Å². The number of carbonyl (C=O) groups is 2. The average Bonchev–Trinajstić information content (AvgIpc) is 3.33. The number of fused-ring (bicyclic) bond motifs is 2. The summed E-state index contributed by atoms with van der Waals surface area (Å²) < 4.78 is 16.0. The van der Waals surface area contributed by atoms with Gasteiger partial charge in [0.1, 0.15) is 4.88 Å². The van der Waals surface area contributed by atoms with Crippen LogP contribution in [0, 0.1) is 5.92 Å². The van der Waals surface area contributed by atoms with Gasteiger partial charge in [0.25, 0.3) is 5.91 Å². The first-order valence-corrected chi connectivity index (χ1v) is 10.4. The summed E-state index contributed by atoms with van der Waals surface area (Å²) in [6.07, 6.45) is 3.47. The number of aryl methyl sites for hydroxylation is 1. The second kappa shape index (κ2) is 7.83. The molecule has 7 heteroatoms. The zero-order valence-electron chi connectivity index (χ0n) is 15.9. The predicted molar refractivity (Wildman–Crippen MR) is 106 cm³/mol. The number of benzene rings is 1. The maximum absolute atomic E-state index is 12.5. The Morgan fingerprint density at radius 2 is 2.11 bits per heavy atom. The van der Waals surface area contributed by atoms with Gasteiger partial charge in [-0.25, -0.2) is 4.79 Å². The fourth-order valence-corrected chi connectivity index (χ4v) is 4.63. The molecule has 28 heavy (non-hydrogen) atoms. The number of carbonyl (C=O) groups excluding carboxylic acids is 2. The van der Waals surface area contributed by atoms with Crippen molar-refractivity contribution in [2.45, 2.75) is 45.6 Å². The molecule has 0 spiro atoms. The molecule has 2 aromatic rings. The van der Waals surface area contributed by atoms with Crippen LogP contribution in [0.3, 0.4) is 0 Å². The normalized spacial score (nSPS) is 18.3. The molecule has 0 bridgehead atoms. The van der Waals surface area contributed by atoms with Crippen LogP contribution in [0.2, 0.25) is 0 Å². The molecule has 1 aliphatic heterocycles. The van der Waals surface area contributed by atoms with E-state index in [2.05, 4.69) is 12.2 Å². The highest BCUT2D eigenvalue weighted by Gasteiger charge is 2.25. The number of rotatable bonds is 5. The Balaban J connectivity index is 1.36. The molecular formula is C21H23NO5S. The quantitative estimate of drug-likeness (QED) is 0.761. The number of anilines is 1. The molecule has 0 unspecified atom stereocenters. The van der Waals surface area contributed by atoms with Crippen LogP contribution in [0.25, 0.3) is 0 Å². The van der Waals surface area contributed by atoms with Crippen molar-refractivity contribution < 1.29 is 23.8 Å². The van der Waals surface area contributed by atoms with E-state index in [0.717, 1.165) is 19.3 Å². The third-order valence-electron chi connectivity index (χ3n) is 5.26. The Kier molecular flexibility index (Phi) is 5.26. The van der Waals surface area contributed by atoms with Crippen molar-refractivity contribution in [1.29, 1.82) is 0 Å². The third kappa shape index (κ3) is 3.85. The number of hydrogen-bond donors (Lipinski definition) is 1. The second-order valence-electron chi connectivity index (χ2n) is 7.18. The molecular weight excluding hydrogens is 378 g/mol. The lowest BCUT2D eigenvalue weighted by Crippen LogP contribution is -2.29. The van der Waals surface area contributed by atoms with Gasteiger partial charge in [0.2, 0.25) is 6.79 Å². The molecule has 1 N–H and O–H groups in total. The van der Waals surface area contributed by atoms with Crippen LogP contribution in [0.4, 0.5) is 5.69 Å².